The van der Waals surface area contributed by atoms with Crippen LogP contribution in [-0.4, -0.2) is 64.9 Å². The fourth-order valence-electron chi connectivity index (χ4n) is 2.22. The predicted molar refractivity (Wildman–Crippen MR) is 120 cm³/mol. The molecule has 1 amide bonds. The van der Waals surface area contributed by atoms with Crippen molar-refractivity contribution >= 4 is 18.0 Å². The third-order valence-corrected chi connectivity index (χ3v) is 3.74. The number of nitrogens with one attached hydrogen (secondary N) is 3. The summed E-state index contributed by atoms with van der Waals surface area (Å²) in [6.45, 7) is 8.27. The Balaban J connectivity index is 2.76. The van der Waals surface area contributed by atoms with Crippen molar-refractivity contribution in [1.29, 1.82) is 0 Å². The SMILES string of the molecule is C=CC(=O)OCC(COC(=O)C(=C)C)OC(=O)NCc1cc(OCNC)cc(OCNC)c1. The zero-order valence-corrected chi connectivity index (χ0v) is 19.1. The maximum atomic E-state index is 12.3. The summed E-state index contributed by atoms with van der Waals surface area (Å²) < 4.78 is 26.2. The summed E-state index contributed by atoms with van der Waals surface area (Å²) in [5, 5.41) is 8.33. The lowest BCUT2D eigenvalue weighted by Crippen LogP contribution is -2.35. The zero-order valence-electron chi connectivity index (χ0n) is 19.1. The van der Waals surface area contributed by atoms with E-state index in [4.69, 9.17) is 23.7 Å². The summed E-state index contributed by atoms with van der Waals surface area (Å²) in [5.41, 5.74) is 0.868. The minimum absolute atomic E-state index is 0.0935. The smallest absolute Gasteiger partial charge is 0.407 e. The lowest BCUT2D eigenvalue weighted by Gasteiger charge is -2.18. The van der Waals surface area contributed by atoms with Gasteiger partial charge < -0.3 is 29.0 Å². The van der Waals surface area contributed by atoms with Gasteiger partial charge in [-0.2, -0.15) is 0 Å². The number of hydrogen-bond acceptors (Lipinski definition) is 10. The largest absolute Gasteiger partial charge is 0.478 e. The van der Waals surface area contributed by atoms with Gasteiger partial charge >= 0.3 is 18.0 Å². The molecule has 0 saturated heterocycles. The Morgan fingerprint density at radius 2 is 1.58 bits per heavy atom. The van der Waals surface area contributed by atoms with Crippen LogP contribution in [0.2, 0.25) is 0 Å². The van der Waals surface area contributed by atoms with E-state index < -0.39 is 24.1 Å². The molecule has 0 spiro atoms. The molecular formula is C22H31N3O8. The third kappa shape index (κ3) is 11.6. The fraction of sp³-hybridized carbons (Fsp3) is 0.409. The molecule has 1 aromatic carbocycles. The molecule has 0 aliphatic heterocycles. The molecule has 0 aliphatic carbocycles. The van der Waals surface area contributed by atoms with Crippen molar-refractivity contribution in [2.75, 3.05) is 40.8 Å². The Labute approximate surface area is 193 Å². The average molecular weight is 466 g/mol. The van der Waals surface area contributed by atoms with Crippen LogP contribution in [0.4, 0.5) is 4.79 Å². The van der Waals surface area contributed by atoms with Crippen LogP contribution in [0.3, 0.4) is 0 Å². The van der Waals surface area contributed by atoms with Crippen molar-refractivity contribution in [3.63, 3.8) is 0 Å². The molecule has 11 nitrogen and oxygen atoms in total. The van der Waals surface area contributed by atoms with E-state index in [1.807, 2.05) is 0 Å². The number of benzene rings is 1. The van der Waals surface area contributed by atoms with Gasteiger partial charge in [-0.3, -0.25) is 10.6 Å². The lowest BCUT2D eigenvalue weighted by molar-refractivity contribution is -0.147. The molecule has 3 N–H and O–H groups in total. The Hall–Kier alpha value is -3.57. The number of hydrogen-bond donors (Lipinski definition) is 3. The highest BCUT2D eigenvalue weighted by Gasteiger charge is 2.19. The highest BCUT2D eigenvalue weighted by Crippen LogP contribution is 2.23. The van der Waals surface area contributed by atoms with Gasteiger partial charge in [-0.25, -0.2) is 14.4 Å². The van der Waals surface area contributed by atoms with Crippen molar-refractivity contribution in [1.82, 2.24) is 16.0 Å². The normalized spacial score (nSPS) is 11.0. The van der Waals surface area contributed by atoms with Crippen LogP contribution < -0.4 is 25.4 Å². The molecule has 0 heterocycles. The van der Waals surface area contributed by atoms with Gasteiger partial charge in [-0.15, -0.1) is 0 Å². The van der Waals surface area contributed by atoms with Crippen LogP contribution in [-0.2, 0) is 30.3 Å². The third-order valence-electron chi connectivity index (χ3n) is 3.74. The molecule has 0 saturated carbocycles. The predicted octanol–water partition coefficient (Wildman–Crippen LogP) is 1.24. The summed E-state index contributed by atoms with van der Waals surface area (Å²) >= 11 is 0. The van der Waals surface area contributed by atoms with Crippen molar-refractivity contribution < 1.29 is 38.1 Å². The minimum atomic E-state index is -1.03. The summed E-state index contributed by atoms with van der Waals surface area (Å²) in [4.78, 5) is 35.2. The van der Waals surface area contributed by atoms with Gasteiger partial charge in [0, 0.05) is 24.3 Å². The number of rotatable bonds is 15. The second-order valence-corrected chi connectivity index (χ2v) is 6.69. The van der Waals surface area contributed by atoms with E-state index in [0.717, 1.165) is 6.08 Å². The molecule has 0 radical (unpaired) electrons. The molecular weight excluding hydrogens is 434 g/mol. The van der Waals surface area contributed by atoms with E-state index in [1.54, 1.807) is 32.3 Å². The molecule has 33 heavy (non-hydrogen) atoms. The maximum absolute atomic E-state index is 12.3. The number of amides is 1. The number of esters is 2. The van der Waals surface area contributed by atoms with E-state index in [2.05, 4.69) is 29.1 Å². The molecule has 11 heteroatoms. The maximum Gasteiger partial charge on any atom is 0.407 e. The highest BCUT2D eigenvalue weighted by molar-refractivity contribution is 5.87. The average Bonchev–Trinajstić information content (AvgIpc) is 2.81. The molecule has 1 atom stereocenters. The minimum Gasteiger partial charge on any atom is -0.478 e. The van der Waals surface area contributed by atoms with Crippen LogP contribution in [0, 0.1) is 0 Å². The first-order chi connectivity index (χ1) is 15.8. The van der Waals surface area contributed by atoms with Crippen LogP contribution in [0.15, 0.2) is 43.0 Å². The van der Waals surface area contributed by atoms with E-state index in [-0.39, 0.29) is 25.3 Å². The second-order valence-electron chi connectivity index (χ2n) is 6.69. The van der Waals surface area contributed by atoms with Gasteiger partial charge in [0.15, 0.2) is 6.10 Å². The van der Waals surface area contributed by atoms with Crippen molar-refractivity contribution in [2.45, 2.75) is 19.6 Å². The number of ether oxygens (including phenoxy) is 5. The molecule has 182 valence electrons. The lowest BCUT2D eigenvalue weighted by atomic mass is 10.2. The quantitative estimate of drug-likeness (QED) is 0.150. The summed E-state index contributed by atoms with van der Waals surface area (Å²) in [5.74, 6) is -0.276. The highest BCUT2D eigenvalue weighted by atomic mass is 16.6. The Morgan fingerprint density at radius 3 is 2.09 bits per heavy atom. The Morgan fingerprint density at radius 1 is 1.00 bits per heavy atom. The summed E-state index contributed by atoms with van der Waals surface area (Å²) in [6, 6.07) is 5.19. The molecule has 1 aromatic rings. The van der Waals surface area contributed by atoms with Gasteiger partial charge in [0.25, 0.3) is 0 Å². The van der Waals surface area contributed by atoms with Crippen molar-refractivity contribution in [3.05, 3.63) is 48.6 Å². The van der Waals surface area contributed by atoms with E-state index in [9.17, 15) is 14.4 Å². The first-order valence-corrected chi connectivity index (χ1v) is 10.0. The van der Waals surface area contributed by atoms with E-state index in [0.29, 0.717) is 30.5 Å². The molecule has 0 fully saturated rings. The second kappa shape index (κ2) is 15.3. The van der Waals surface area contributed by atoms with Gasteiger partial charge in [0.2, 0.25) is 0 Å². The first-order valence-electron chi connectivity index (χ1n) is 10.0. The molecule has 0 aliphatic rings. The molecule has 0 bridgehead atoms. The van der Waals surface area contributed by atoms with Crippen LogP contribution in [0.25, 0.3) is 0 Å². The molecule has 1 unspecified atom stereocenters. The van der Waals surface area contributed by atoms with E-state index in [1.165, 1.54) is 6.92 Å². The zero-order chi connectivity index (χ0) is 24.6. The standard InChI is InChI=1S/C22H31N3O8/c1-6-20(26)29-11-19(12-30-21(27)15(2)3)33-22(28)25-10-16-7-17(31-13-23-4)9-18(8-16)32-14-24-5/h6-9,19,23-24H,1-2,10-14H2,3-5H3,(H,25,28). The van der Waals surface area contributed by atoms with Gasteiger partial charge in [-0.1, -0.05) is 13.2 Å². The van der Waals surface area contributed by atoms with Crippen LogP contribution in [0.5, 0.6) is 11.5 Å². The molecule has 0 aromatic heterocycles. The van der Waals surface area contributed by atoms with Gasteiger partial charge in [-0.05, 0) is 38.7 Å². The number of alkyl carbamates (subject to hydrolysis) is 1. The Bertz CT molecular complexity index is 802. The van der Waals surface area contributed by atoms with Crippen LogP contribution in [0.1, 0.15) is 12.5 Å². The number of carbonyl (C=O) groups is 3. The van der Waals surface area contributed by atoms with Crippen molar-refractivity contribution in [2.24, 2.45) is 0 Å². The van der Waals surface area contributed by atoms with Gasteiger partial charge in [0.1, 0.15) is 38.2 Å². The van der Waals surface area contributed by atoms with Crippen LogP contribution >= 0.6 is 0 Å². The van der Waals surface area contributed by atoms with E-state index >= 15 is 0 Å². The topological polar surface area (TPSA) is 133 Å². The molecule has 1 rings (SSSR count). The van der Waals surface area contributed by atoms with Gasteiger partial charge in [0.05, 0.1) is 0 Å². The Kier molecular flexibility index (Phi) is 12.7. The fourth-order valence-corrected chi connectivity index (χ4v) is 2.22. The van der Waals surface area contributed by atoms with Crippen molar-refractivity contribution in [3.8, 4) is 11.5 Å². The number of carbonyl (C=O) groups excluding carboxylic acids is 3. The first kappa shape index (κ1) is 27.5. The monoisotopic (exact) mass is 465 g/mol. The summed E-state index contributed by atoms with van der Waals surface area (Å²) in [7, 11) is 3.49. The summed E-state index contributed by atoms with van der Waals surface area (Å²) in [6.07, 6.45) is -0.870.